The van der Waals surface area contributed by atoms with Crippen molar-refractivity contribution in [1.29, 1.82) is 0 Å². The first kappa shape index (κ1) is 15.7. The van der Waals surface area contributed by atoms with Gasteiger partial charge in [0, 0.05) is 11.8 Å². The maximum Gasteiger partial charge on any atom is 0.586 e. The number of alkyl halides is 2. The molecule has 1 aromatic carbocycles. The normalized spacial score (nSPS) is 15.0. The third kappa shape index (κ3) is 3.00. The molecule has 0 atom stereocenters. The summed E-state index contributed by atoms with van der Waals surface area (Å²) in [6.45, 7) is 3.91. The zero-order valence-corrected chi connectivity index (χ0v) is 13.7. The van der Waals surface area contributed by atoms with Gasteiger partial charge in [-0.1, -0.05) is 13.8 Å². The fourth-order valence-corrected chi connectivity index (χ4v) is 2.91. The number of benzene rings is 1. The van der Waals surface area contributed by atoms with Crippen LogP contribution in [0.1, 0.15) is 35.9 Å². The Kier molecular flexibility index (Phi) is 3.75. The molecule has 0 unspecified atom stereocenters. The quantitative estimate of drug-likeness (QED) is 0.837. The molecule has 1 amide bonds. The van der Waals surface area contributed by atoms with Gasteiger partial charge in [-0.15, -0.1) is 8.78 Å². The van der Waals surface area contributed by atoms with Crippen molar-refractivity contribution in [2.75, 3.05) is 5.32 Å². The number of nitrogens with zero attached hydrogens (tertiary/aromatic N) is 1. The topological polar surface area (TPSA) is 76.2 Å². The molecule has 0 radical (unpaired) electrons. The number of nitrogens with one attached hydrogen (secondary N) is 2. The predicted molar refractivity (Wildman–Crippen MR) is 81.0 cm³/mol. The van der Waals surface area contributed by atoms with Crippen molar-refractivity contribution >= 4 is 27.5 Å². The van der Waals surface area contributed by atoms with Crippen LogP contribution in [-0.2, 0) is 0 Å². The smallest absolute Gasteiger partial charge is 0.395 e. The Labute approximate surface area is 138 Å². The summed E-state index contributed by atoms with van der Waals surface area (Å²) < 4.78 is 35.2. The van der Waals surface area contributed by atoms with E-state index in [1.165, 1.54) is 18.2 Å². The van der Waals surface area contributed by atoms with Gasteiger partial charge in [0.25, 0.3) is 5.91 Å². The third-order valence-corrected chi connectivity index (χ3v) is 3.99. The van der Waals surface area contributed by atoms with Gasteiger partial charge in [-0.3, -0.25) is 9.89 Å². The van der Waals surface area contributed by atoms with Crippen molar-refractivity contribution < 1.29 is 23.0 Å². The van der Waals surface area contributed by atoms with Crippen LogP contribution >= 0.6 is 15.9 Å². The van der Waals surface area contributed by atoms with E-state index in [0.29, 0.717) is 4.47 Å². The Morgan fingerprint density at radius 1 is 1.35 bits per heavy atom. The van der Waals surface area contributed by atoms with E-state index in [1.807, 2.05) is 13.8 Å². The predicted octanol–water partition coefficient (Wildman–Crippen LogP) is 3.87. The van der Waals surface area contributed by atoms with E-state index in [1.54, 1.807) is 0 Å². The second kappa shape index (κ2) is 5.48. The van der Waals surface area contributed by atoms with E-state index in [4.69, 9.17) is 0 Å². The maximum absolute atomic E-state index is 13.0. The number of carbonyl (C=O) groups excluding carboxylic acids is 1. The molecule has 1 aliphatic rings. The molecule has 2 N–H and O–H groups in total. The number of H-pyrrole nitrogens is 1. The molecule has 2 aromatic rings. The van der Waals surface area contributed by atoms with Crippen molar-refractivity contribution in [2.24, 2.45) is 0 Å². The van der Waals surface area contributed by atoms with Crippen LogP contribution in [0.3, 0.4) is 0 Å². The van der Waals surface area contributed by atoms with Gasteiger partial charge in [0.05, 0.1) is 10.2 Å². The Balaban J connectivity index is 1.80. The largest absolute Gasteiger partial charge is 0.586 e. The van der Waals surface area contributed by atoms with Gasteiger partial charge in [-0.25, -0.2) is 0 Å². The Bertz CT molecular complexity index is 777. The minimum atomic E-state index is -3.69. The second-order valence-corrected chi connectivity index (χ2v) is 6.03. The monoisotopic (exact) mass is 387 g/mol. The van der Waals surface area contributed by atoms with E-state index in [9.17, 15) is 13.6 Å². The van der Waals surface area contributed by atoms with Gasteiger partial charge < -0.3 is 14.8 Å². The fraction of sp³-hybridized carbons (Fsp3) is 0.286. The fourth-order valence-electron chi connectivity index (χ4n) is 2.09. The molecule has 0 saturated heterocycles. The minimum absolute atomic E-state index is 0.0870. The molecule has 2 heterocycles. The third-order valence-electron chi connectivity index (χ3n) is 3.18. The molecule has 23 heavy (non-hydrogen) atoms. The van der Waals surface area contributed by atoms with Gasteiger partial charge in [0.1, 0.15) is 0 Å². The average molecular weight is 388 g/mol. The molecule has 0 saturated carbocycles. The van der Waals surface area contributed by atoms with Crippen molar-refractivity contribution in [2.45, 2.75) is 26.1 Å². The lowest BCUT2D eigenvalue weighted by Crippen LogP contribution is -2.25. The summed E-state index contributed by atoms with van der Waals surface area (Å²) in [4.78, 5) is 12.3. The number of amides is 1. The first-order valence-corrected chi connectivity index (χ1v) is 7.51. The van der Waals surface area contributed by atoms with Crippen LogP contribution in [-0.4, -0.2) is 22.4 Å². The molecule has 0 bridgehead atoms. The van der Waals surface area contributed by atoms with Crippen molar-refractivity contribution in [1.82, 2.24) is 10.2 Å². The van der Waals surface area contributed by atoms with Crippen molar-refractivity contribution in [3.8, 4) is 11.5 Å². The SMILES string of the molecule is CC(C)c1[nH]nc(C(=O)Nc2ccc3c(c2)OC(F)(F)O3)c1Br. The van der Waals surface area contributed by atoms with E-state index < -0.39 is 12.2 Å². The molecule has 122 valence electrons. The van der Waals surface area contributed by atoms with Crippen LogP contribution < -0.4 is 14.8 Å². The lowest BCUT2D eigenvalue weighted by atomic mass is 10.1. The summed E-state index contributed by atoms with van der Waals surface area (Å²) in [5.41, 5.74) is 1.26. The zero-order chi connectivity index (χ0) is 16.8. The number of ether oxygens (including phenoxy) is 2. The number of anilines is 1. The van der Waals surface area contributed by atoms with Gasteiger partial charge in [-0.05, 0) is 34.0 Å². The maximum atomic E-state index is 13.0. The number of fused-ring (bicyclic) bond motifs is 1. The summed E-state index contributed by atoms with van der Waals surface area (Å²) in [5.74, 6) is -0.551. The number of hydrogen-bond donors (Lipinski definition) is 2. The molecule has 0 fully saturated rings. The number of aromatic amines is 1. The Morgan fingerprint density at radius 3 is 2.70 bits per heavy atom. The Hall–Kier alpha value is -2.16. The highest BCUT2D eigenvalue weighted by Gasteiger charge is 2.43. The summed E-state index contributed by atoms with van der Waals surface area (Å²) in [5, 5.41) is 9.34. The average Bonchev–Trinajstić information content (AvgIpc) is 2.96. The summed E-state index contributed by atoms with van der Waals surface area (Å²) in [6, 6.07) is 3.99. The van der Waals surface area contributed by atoms with Gasteiger partial charge in [0.2, 0.25) is 0 Å². The molecular formula is C14H12BrF2N3O3. The van der Waals surface area contributed by atoms with Gasteiger partial charge in [0.15, 0.2) is 17.2 Å². The van der Waals surface area contributed by atoms with E-state index in [2.05, 4.69) is 40.9 Å². The number of rotatable bonds is 3. The highest BCUT2D eigenvalue weighted by molar-refractivity contribution is 9.10. The molecule has 6 nitrogen and oxygen atoms in total. The van der Waals surface area contributed by atoms with Crippen LogP contribution in [0.4, 0.5) is 14.5 Å². The van der Waals surface area contributed by atoms with Crippen LogP contribution in [0.25, 0.3) is 0 Å². The first-order chi connectivity index (χ1) is 10.8. The molecule has 1 aromatic heterocycles. The lowest BCUT2D eigenvalue weighted by molar-refractivity contribution is -0.286. The summed E-state index contributed by atoms with van der Waals surface area (Å²) in [6.07, 6.45) is -3.69. The van der Waals surface area contributed by atoms with Gasteiger partial charge >= 0.3 is 6.29 Å². The van der Waals surface area contributed by atoms with Crippen molar-refractivity contribution in [3.63, 3.8) is 0 Å². The molecule has 0 aliphatic carbocycles. The summed E-state index contributed by atoms with van der Waals surface area (Å²) >= 11 is 3.33. The Morgan fingerprint density at radius 2 is 2.04 bits per heavy atom. The lowest BCUT2D eigenvalue weighted by Gasteiger charge is -2.05. The van der Waals surface area contributed by atoms with Gasteiger partial charge in [-0.2, -0.15) is 5.10 Å². The highest BCUT2D eigenvalue weighted by atomic mass is 79.9. The number of aromatic nitrogens is 2. The number of carbonyl (C=O) groups is 1. The van der Waals surface area contributed by atoms with Crippen molar-refractivity contribution in [3.05, 3.63) is 34.1 Å². The van der Waals surface area contributed by atoms with Crippen LogP contribution in [0.2, 0.25) is 0 Å². The highest BCUT2D eigenvalue weighted by Crippen LogP contribution is 2.42. The molecule has 1 aliphatic heterocycles. The number of halogens is 3. The summed E-state index contributed by atoms with van der Waals surface area (Å²) in [7, 11) is 0. The number of hydrogen-bond acceptors (Lipinski definition) is 4. The molecule has 0 spiro atoms. The van der Waals surface area contributed by atoms with E-state index in [-0.39, 0.29) is 28.8 Å². The van der Waals surface area contributed by atoms with E-state index >= 15 is 0 Å². The molecular weight excluding hydrogens is 376 g/mol. The molecule has 9 heteroatoms. The van der Waals surface area contributed by atoms with Crippen LogP contribution in [0, 0.1) is 0 Å². The second-order valence-electron chi connectivity index (χ2n) is 5.24. The van der Waals surface area contributed by atoms with Crippen LogP contribution in [0.5, 0.6) is 11.5 Å². The molecule has 3 rings (SSSR count). The first-order valence-electron chi connectivity index (χ1n) is 6.72. The van der Waals surface area contributed by atoms with Crippen LogP contribution in [0.15, 0.2) is 22.7 Å². The standard InChI is InChI=1S/C14H12BrF2N3O3/c1-6(2)11-10(15)12(20-19-11)13(21)18-7-3-4-8-9(5-7)23-14(16,17)22-8/h3-6H,1-2H3,(H,18,21)(H,19,20). The minimum Gasteiger partial charge on any atom is -0.395 e. The zero-order valence-electron chi connectivity index (χ0n) is 12.1. The van der Waals surface area contributed by atoms with E-state index in [0.717, 1.165) is 5.69 Å².